The van der Waals surface area contributed by atoms with E-state index in [-0.39, 0.29) is 11.4 Å². The molecule has 0 saturated heterocycles. The van der Waals surface area contributed by atoms with E-state index in [2.05, 4.69) is 0 Å². The number of nitrogens with zero attached hydrogens (tertiary/aromatic N) is 1. The third kappa shape index (κ3) is 1.70. The van der Waals surface area contributed by atoms with Crippen LogP contribution in [0.2, 0.25) is 0 Å². The van der Waals surface area contributed by atoms with Gasteiger partial charge in [-0.05, 0) is 34.2 Å². The lowest BCUT2D eigenvalue weighted by molar-refractivity contribution is 0.614. The van der Waals surface area contributed by atoms with Gasteiger partial charge in [0, 0.05) is 5.88 Å². The highest BCUT2D eigenvalue weighted by Gasteiger charge is 2.09. The van der Waals surface area contributed by atoms with Gasteiger partial charge in [-0.2, -0.15) is 5.26 Å². The van der Waals surface area contributed by atoms with Crippen LogP contribution >= 0.6 is 34.2 Å². The molecule has 0 atom stereocenters. The lowest BCUT2D eigenvalue weighted by Gasteiger charge is -2.01. The first-order valence-corrected chi connectivity index (χ1v) is 4.75. The third-order valence-electron chi connectivity index (χ3n) is 1.43. The number of hydrogen-bond donors (Lipinski definition) is 0. The molecule has 1 nitrogen and oxygen atoms in total. The van der Waals surface area contributed by atoms with E-state index in [4.69, 9.17) is 16.9 Å². The van der Waals surface area contributed by atoms with E-state index in [0.717, 1.165) is 0 Å². The standard InChI is InChI=1S/C8H4ClFIN/c9-3-5-1-2-6(4-12)7(10)8(5)11/h1-2H,3H2. The molecule has 4 heteroatoms. The van der Waals surface area contributed by atoms with Crippen LogP contribution in [-0.4, -0.2) is 0 Å². The fourth-order valence-corrected chi connectivity index (χ4v) is 1.89. The predicted molar refractivity (Wildman–Crippen MR) is 53.4 cm³/mol. The van der Waals surface area contributed by atoms with Gasteiger partial charge in [0.05, 0.1) is 9.13 Å². The highest BCUT2D eigenvalue weighted by Crippen LogP contribution is 2.20. The van der Waals surface area contributed by atoms with E-state index >= 15 is 0 Å². The molecule has 0 saturated carbocycles. The summed E-state index contributed by atoms with van der Waals surface area (Å²) in [5, 5.41) is 8.48. The van der Waals surface area contributed by atoms with Crippen LogP contribution in [-0.2, 0) is 5.88 Å². The second-order valence-electron chi connectivity index (χ2n) is 2.15. The number of alkyl halides is 1. The Balaban J connectivity index is 3.32. The Bertz CT molecular complexity index is 346. The van der Waals surface area contributed by atoms with Crippen molar-refractivity contribution < 1.29 is 4.39 Å². The van der Waals surface area contributed by atoms with Crippen LogP contribution in [0, 0.1) is 20.7 Å². The van der Waals surface area contributed by atoms with Crippen LogP contribution in [0.4, 0.5) is 4.39 Å². The predicted octanol–water partition coefficient (Wildman–Crippen LogP) is 3.04. The van der Waals surface area contributed by atoms with E-state index in [0.29, 0.717) is 9.13 Å². The molecule has 0 amide bonds. The summed E-state index contributed by atoms with van der Waals surface area (Å²) in [7, 11) is 0. The van der Waals surface area contributed by atoms with Crippen LogP contribution in [0.5, 0.6) is 0 Å². The number of nitriles is 1. The average molecular weight is 295 g/mol. The van der Waals surface area contributed by atoms with Gasteiger partial charge in [-0.1, -0.05) is 6.07 Å². The zero-order chi connectivity index (χ0) is 9.14. The smallest absolute Gasteiger partial charge is 0.154 e. The maximum absolute atomic E-state index is 13.2. The fraction of sp³-hybridized carbons (Fsp3) is 0.125. The number of hydrogen-bond acceptors (Lipinski definition) is 1. The molecule has 0 heterocycles. The van der Waals surface area contributed by atoms with Gasteiger partial charge in [-0.25, -0.2) is 4.39 Å². The Morgan fingerprint density at radius 2 is 2.25 bits per heavy atom. The summed E-state index contributed by atoms with van der Waals surface area (Å²) in [5.74, 6) is -0.211. The number of benzene rings is 1. The normalized spacial score (nSPS) is 9.50. The molecule has 0 unspecified atom stereocenters. The zero-order valence-electron chi connectivity index (χ0n) is 5.94. The zero-order valence-corrected chi connectivity index (χ0v) is 8.86. The minimum Gasteiger partial charge on any atom is -0.204 e. The molecule has 0 aliphatic rings. The van der Waals surface area contributed by atoms with E-state index in [1.807, 2.05) is 22.6 Å². The molecule has 0 aliphatic heterocycles. The maximum Gasteiger partial charge on any atom is 0.154 e. The van der Waals surface area contributed by atoms with Crippen LogP contribution in [0.25, 0.3) is 0 Å². The Kier molecular flexibility index (Phi) is 3.29. The molecular weight excluding hydrogens is 291 g/mol. The first kappa shape index (κ1) is 9.75. The summed E-state index contributed by atoms with van der Waals surface area (Å²) in [5.41, 5.74) is 0.780. The summed E-state index contributed by atoms with van der Waals surface area (Å²) in [4.78, 5) is 0. The summed E-state index contributed by atoms with van der Waals surface area (Å²) in [6.45, 7) is 0. The molecule has 1 aromatic carbocycles. The van der Waals surface area contributed by atoms with Gasteiger partial charge in [0.25, 0.3) is 0 Å². The Hall–Kier alpha value is -0.340. The molecule has 0 spiro atoms. The van der Waals surface area contributed by atoms with Gasteiger partial charge in [-0.15, -0.1) is 11.6 Å². The van der Waals surface area contributed by atoms with E-state index in [1.165, 1.54) is 6.07 Å². The molecule has 0 aromatic heterocycles. The van der Waals surface area contributed by atoms with Gasteiger partial charge in [0.2, 0.25) is 0 Å². The SMILES string of the molecule is N#Cc1ccc(CCl)c(I)c1F. The second-order valence-corrected chi connectivity index (χ2v) is 3.49. The molecule has 0 fully saturated rings. The summed E-state index contributed by atoms with van der Waals surface area (Å²) in [6, 6.07) is 4.87. The topological polar surface area (TPSA) is 23.8 Å². The monoisotopic (exact) mass is 295 g/mol. The highest BCUT2D eigenvalue weighted by atomic mass is 127. The van der Waals surface area contributed by atoms with Crippen LogP contribution < -0.4 is 0 Å². The van der Waals surface area contributed by atoms with Gasteiger partial charge < -0.3 is 0 Å². The van der Waals surface area contributed by atoms with Gasteiger partial charge in [0.1, 0.15) is 6.07 Å². The molecule has 0 aliphatic carbocycles. The van der Waals surface area contributed by atoms with Crippen molar-refractivity contribution in [3.63, 3.8) is 0 Å². The highest BCUT2D eigenvalue weighted by molar-refractivity contribution is 14.1. The quantitative estimate of drug-likeness (QED) is 0.577. The number of halogens is 3. The van der Waals surface area contributed by atoms with Crippen molar-refractivity contribution in [3.8, 4) is 6.07 Å². The van der Waals surface area contributed by atoms with E-state index in [1.54, 1.807) is 12.1 Å². The van der Waals surface area contributed by atoms with Gasteiger partial charge in [-0.3, -0.25) is 0 Å². The Morgan fingerprint density at radius 1 is 1.58 bits per heavy atom. The summed E-state index contributed by atoms with van der Waals surface area (Å²) < 4.78 is 13.6. The fourth-order valence-electron chi connectivity index (χ4n) is 0.779. The van der Waals surface area contributed by atoms with Crippen LogP contribution in [0.3, 0.4) is 0 Å². The summed E-state index contributed by atoms with van der Waals surface area (Å²) >= 11 is 7.39. The second kappa shape index (κ2) is 4.06. The van der Waals surface area contributed by atoms with E-state index in [9.17, 15) is 4.39 Å². The van der Waals surface area contributed by atoms with Gasteiger partial charge in [0.15, 0.2) is 5.82 Å². The third-order valence-corrected chi connectivity index (χ3v) is 2.88. The van der Waals surface area contributed by atoms with Crippen LogP contribution in [0.1, 0.15) is 11.1 Å². The lowest BCUT2D eigenvalue weighted by atomic mass is 10.1. The average Bonchev–Trinajstić information content (AvgIpc) is 2.10. The Morgan fingerprint density at radius 3 is 2.75 bits per heavy atom. The van der Waals surface area contributed by atoms with Crippen molar-refractivity contribution in [2.45, 2.75) is 5.88 Å². The van der Waals surface area contributed by atoms with E-state index < -0.39 is 5.82 Å². The first-order valence-electron chi connectivity index (χ1n) is 3.13. The molecule has 62 valence electrons. The minimum atomic E-state index is -0.476. The van der Waals surface area contributed by atoms with Crippen molar-refractivity contribution in [1.29, 1.82) is 5.26 Å². The maximum atomic E-state index is 13.2. The molecular formula is C8H4ClFIN. The van der Waals surface area contributed by atoms with Crippen molar-refractivity contribution in [2.24, 2.45) is 0 Å². The van der Waals surface area contributed by atoms with Crippen LogP contribution in [0.15, 0.2) is 12.1 Å². The molecule has 0 bridgehead atoms. The van der Waals surface area contributed by atoms with Crippen molar-refractivity contribution in [2.75, 3.05) is 0 Å². The molecule has 12 heavy (non-hydrogen) atoms. The van der Waals surface area contributed by atoms with Gasteiger partial charge >= 0.3 is 0 Å². The van der Waals surface area contributed by atoms with Crippen molar-refractivity contribution >= 4 is 34.2 Å². The number of rotatable bonds is 1. The molecule has 1 rings (SSSR count). The molecule has 0 N–H and O–H groups in total. The lowest BCUT2D eigenvalue weighted by Crippen LogP contribution is -1.93. The first-order chi connectivity index (χ1) is 5.70. The van der Waals surface area contributed by atoms with Crippen molar-refractivity contribution in [3.05, 3.63) is 32.6 Å². The molecule has 0 radical (unpaired) electrons. The van der Waals surface area contributed by atoms with Crippen molar-refractivity contribution in [1.82, 2.24) is 0 Å². The largest absolute Gasteiger partial charge is 0.204 e. The minimum absolute atomic E-state index is 0.0632. The molecule has 1 aromatic rings. The Labute approximate surface area is 88.3 Å². The summed E-state index contributed by atoms with van der Waals surface area (Å²) in [6.07, 6.45) is 0.